The molecule has 228 valence electrons. The number of nitrogens with one attached hydrogen (secondary N) is 3. The van der Waals surface area contributed by atoms with Crippen molar-refractivity contribution >= 4 is 40.4 Å². The number of rotatable bonds is 12. The average Bonchev–Trinajstić information content (AvgIpc) is 3.01. The highest BCUT2D eigenvalue weighted by Crippen LogP contribution is 2.39. The fourth-order valence-corrected chi connectivity index (χ4v) is 4.32. The maximum absolute atomic E-state index is 14.7. The Morgan fingerprint density at radius 1 is 0.932 bits per heavy atom. The lowest BCUT2D eigenvalue weighted by atomic mass is 10.1. The van der Waals surface area contributed by atoms with Crippen molar-refractivity contribution in [2.24, 2.45) is 0 Å². The molecule has 3 aromatic carbocycles. The van der Waals surface area contributed by atoms with Gasteiger partial charge < -0.3 is 35.2 Å². The highest BCUT2D eigenvalue weighted by atomic mass is 19.1. The molecule has 0 bridgehead atoms. The van der Waals surface area contributed by atoms with E-state index in [2.05, 4.69) is 37.7 Å². The quantitative estimate of drug-likeness (QED) is 0.176. The minimum absolute atomic E-state index is 0.221. The number of anilines is 6. The highest BCUT2D eigenvalue weighted by molar-refractivity contribution is 6.06. The smallest absolute Gasteiger partial charge is 0.300 e. The number of hydrogen-bond donors (Lipinski definition) is 3. The Labute approximate surface area is 257 Å². The third-order valence-electron chi connectivity index (χ3n) is 6.66. The topological polar surface area (TPSA) is 104 Å². The van der Waals surface area contributed by atoms with Crippen molar-refractivity contribution in [1.29, 1.82) is 0 Å². The molecule has 3 N–H and O–H groups in total. The molecule has 0 aliphatic carbocycles. The zero-order chi connectivity index (χ0) is 31.6. The van der Waals surface area contributed by atoms with Crippen LogP contribution >= 0.6 is 0 Å². The summed E-state index contributed by atoms with van der Waals surface area (Å²) >= 11 is 0. The summed E-state index contributed by atoms with van der Waals surface area (Å²) in [5.41, 5.74) is 3.50. The van der Waals surface area contributed by atoms with Gasteiger partial charge in [-0.25, -0.2) is 9.37 Å². The molecule has 0 spiro atoms. The second kappa shape index (κ2) is 14.7. The Balaban J connectivity index is 1.76. The molecule has 44 heavy (non-hydrogen) atoms. The molecule has 11 heteroatoms. The fraction of sp³-hybridized carbons (Fsp3) is 0.242. The van der Waals surface area contributed by atoms with Gasteiger partial charge >= 0.3 is 0 Å². The molecular weight excluding hydrogens is 561 g/mol. The molecule has 0 saturated carbocycles. The number of para-hydroxylation sites is 1. The minimum atomic E-state index is -0.442. The summed E-state index contributed by atoms with van der Waals surface area (Å²) < 4.78 is 25.7. The van der Waals surface area contributed by atoms with Crippen LogP contribution in [0, 0.1) is 17.7 Å². The van der Waals surface area contributed by atoms with Gasteiger partial charge in [0.1, 0.15) is 23.1 Å². The van der Waals surface area contributed by atoms with Crippen molar-refractivity contribution in [2.45, 2.75) is 6.92 Å². The highest BCUT2D eigenvalue weighted by Gasteiger charge is 2.18. The van der Waals surface area contributed by atoms with Crippen molar-refractivity contribution in [3.63, 3.8) is 0 Å². The molecule has 1 aromatic heterocycles. The second-order valence-corrected chi connectivity index (χ2v) is 10.0. The maximum atomic E-state index is 14.7. The van der Waals surface area contributed by atoms with E-state index in [9.17, 15) is 9.18 Å². The first-order valence-corrected chi connectivity index (χ1v) is 13.8. The summed E-state index contributed by atoms with van der Waals surface area (Å²) in [5.74, 6) is 6.08. The van der Waals surface area contributed by atoms with Gasteiger partial charge in [0.15, 0.2) is 0 Å². The van der Waals surface area contributed by atoms with Crippen LogP contribution in [0.5, 0.6) is 11.5 Å². The molecule has 1 heterocycles. The largest absolute Gasteiger partial charge is 0.497 e. The predicted molar refractivity (Wildman–Crippen MR) is 174 cm³/mol. The Morgan fingerprint density at radius 2 is 1.68 bits per heavy atom. The Hall–Kier alpha value is -5.34. The molecule has 0 radical (unpaired) electrons. The third-order valence-corrected chi connectivity index (χ3v) is 6.66. The van der Waals surface area contributed by atoms with Gasteiger partial charge in [-0.15, -0.1) is 0 Å². The van der Waals surface area contributed by atoms with Crippen LogP contribution in [0.4, 0.5) is 38.9 Å². The lowest BCUT2D eigenvalue weighted by Gasteiger charge is -2.25. The zero-order valence-corrected chi connectivity index (χ0v) is 25.7. The summed E-state index contributed by atoms with van der Waals surface area (Å²) in [6, 6.07) is 17.3. The first-order valence-electron chi connectivity index (χ1n) is 13.8. The normalized spacial score (nSPS) is 10.5. The van der Waals surface area contributed by atoms with E-state index in [4.69, 9.17) is 14.5 Å². The van der Waals surface area contributed by atoms with E-state index in [-0.39, 0.29) is 11.6 Å². The Bertz CT molecular complexity index is 1670. The van der Waals surface area contributed by atoms with Crippen LogP contribution in [0.15, 0.2) is 66.9 Å². The Kier molecular flexibility index (Phi) is 10.6. The molecule has 0 saturated heterocycles. The van der Waals surface area contributed by atoms with Crippen LogP contribution in [-0.2, 0) is 4.79 Å². The van der Waals surface area contributed by atoms with E-state index in [0.717, 1.165) is 17.8 Å². The van der Waals surface area contributed by atoms with Crippen LogP contribution in [-0.4, -0.2) is 69.2 Å². The molecule has 0 aliphatic heterocycles. The lowest BCUT2D eigenvalue weighted by Crippen LogP contribution is -2.29. The molecule has 0 atom stereocenters. The molecule has 4 rings (SSSR count). The molecule has 0 unspecified atom stereocenters. The number of carbonyl (C=O) groups is 1. The van der Waals surface area contributed by atoms with Crippen LogP contribution in [0.25, 0.3) is 11.1 Å². The van der Waals surface area contributed by atoms with E-state index >= 15 is 0 Å². The standard InChI is InChI=1S/C33H36FN7O3/c1-7-10-31(42)36-27-19-28(30(44-6)20-29(27)41(4)18-17-40(2)3)38-33-35-21-24(22-13-15-23(43-5)16-14-22)32(39-33)37-26-12-9-8-11-25(26)34/h8-9,11-16,19-21H,17-18H2,1-6H3,(H,36,42)(H2,35,37,38,39). The van der Waals surface area contributed by atoms with Gasteiger partial charge in [-0.1, -0.05) is 30.2 Å². The number of aromatic nitrogens is 2. The Morgan fingerprint density at radius 3 is 2.34 bits per heavy atom. The van der Waals surface area contributed by atoms with Gasteiger partial charge in [0.05, 0.1) is 37.0 Å². The number of benzene rings is 3. The predicted octanol–water partition coefficient (Wildman–Crippen LogP) is 5.75. The van der Waals surface area contributed by atoms with Crippen LogP contribution in [0.1, 0.15) is 6.92 Å². The number of carbonyl (C=O) groups excluding carboxylic acids is 1. The molecular formula is C33H36FN7O3. The van der Waals surface area contributed by atoms with Crippen molar-refractivity contribution in [3.05, 3.63) is 72.7 Å². The lowest BCUT2D eigenvalue weighted by molar-refractivity contribution is -0.111. The number of hydrogen-bond acceptors (Lipinski definition) is 9. The summed E-state index contributed by atoms with van der Waals surface area (Å²) in [6.45, 7) is 3.10. The van der Waals surface area contributed by atoms with Crippen molar-refractivity contribution in [2.75, 3.05) is 69.3 Å². The van der Waals surface area contributed by atoms with Gasteiger partial charge in [0.25, 0.3) is 5.91 Å². The summed E-state index contributed by atoms with van der Waals surface area (Å²) in [7, 11) is 9.09. The maximum Gasteiger partial charge on any atom is 0.300 e. The van der Waals surface area contributed by atoms with E-state index in [1.165, 1.54) is 6.07 Å². The molecule has 4 aromatic rings. The van der Waals surface area contributed by atoms with E-state index in [1.807, 2.05) is 56.4 Å². The number of halogens is 1. The average molecular weight is 598 g/mol. The van der Waals surface area contributed by atoms with Crippen LogP contribution in [0.3, 0.4) is 0 Å². The number of likely N-dealkylation sites (N-methyl/N-ethyl adjacent to an activating group) is 2. The van der Waals surface area contributed by atoms with E-state index < -0.39 is 11.7 Å². The van der Waals surface area contributed by atoms with Gasteiger partial charge in [-0.05, 0) is 62.8 Å². The first kappa shape index (κ1) is 31.6. The van der Waals surface area contributed by atoms with Crippen LogP contribution < -0.4 is 30.3 Å². The number of nitrogens with zero attached hydrogens (tertiary/aromatic N) is 4. The van der Waals surface area contributed by atoms with Gasteiger partial charge in [-0.2, -0.15) is 4.98 Å². The molecule has 0 fully saturated rings. The van der Waals surface area contributed by atoms with Gasteiger partial charge in [0.2, 0.25) is 5.95 Å². The molecule has 0 aliphatic rings. The molecule has 10 nitrogen and oxygen atoms in total. The van der Waals surface area contributed by atoms with Crippen LogP contribution in [0.2, 0.25) is 0 Å². The second-order valence-electron chi connectivity index (χ2n) is 10.0. The van der Waals surface area contributed by atoms with Crippen molar-refractivity contribution in [3.8, 4) is 34.5 Å². The fourth-order valence-electron chi connectivity index (χ4n) is 4.32. The van der Waals surface area contributed by atoms with Crippen molar-refractivity contribution in [1.82, 2.24) is 14.9 Å². The summed E-state index contributed by atoms with van der Waals surface area (Å²) in [4.78, 5) is 25.9. The monoisotopic (exact) mass is 597 g/mol. The molecule has 1 amide bonds. The number of ether oxygens (including phenoxy) is 2. The minimum Gasteiger partial charge on any atom is -0.497 e. The zero-order valence-electron chi connectivity index (χ0n) is 25.7. The number of amides is 1. The third kappa shape index (κ3) is 7.93. The van der Waals surface area contributed by atoms with Crippen molar-refractivity contribution < 1.29 is 18.7 Å². The summed E-state index contributed by atoms with van der Waals surface area (Å²) in [6.07, 6.45) is 1.65. The van der Waals surface area contributed by atoms with E-state index in [0.29, 0.717) is 40.8 Å². The number of methoxy groups -OCH3 is 2. The van der Waals surface area contributed by atoms with Gasteiger partial charge in [-0.3, -0.25) is 4.79 Å². The summed E-state index contributed by atoms with van der Waals surface area (Å²) in [5, 5.41) is 9.20. The SMILES string of the molecule is CC#CC(=O)Nc1cc(Nc2ncc(-c3ccc(OC)cc3)c(Nc3ccccc3F)n2)c(OC)cc1N(C)CCN(C)C. The van der Waals surface area contributed by atoms with Gasteiger partial charge in [0, 0.05) is 38.0 Å². The van der Waals surface area contributed by atoms with E-state index in [1.54, 1.807) is 51.6 Å². The first-order chi connectivity index (χ1) is 21.2.